The summed E-state index contributed by atoms with van der Waals surface area (Å²) >= 11 is 0. The molecule has 0 unspecified atom stereocenters. The van der Waals surface area contributed by atoms with Crippen LogP contribution in [0.5, 0.6) is 0 Å². The maximum Gasteiger partial charge on any atom is 0.254 e. The zero-order chi connectivity index (χ0) is 14.0. The molecule has 0 saturated heterocycles. The van der Waals surface area contributed by atoms with Crippen LogP contribution in [0.15, 0.2) is 5.10 Å². The van der Waals surface area contributed by atoms with Crippen LogP contribution in [0, 0.1) is 29.4 Å². The van der Waals surface area contributed by atoms with Gasteiger partial charge in [0.15, 0.2) is 0 Å². The second-order valence-corrected chi connectivity index (χ2v) is 4.56. The third-order valence-electron chi connectivity index (χ3n) is 3.20. The Morgan fingerprint density at radius 3 is 2.32 bits per heavy atom. The summed E-state index contributed by atoms with van der Waals surface area (Å²) in [5.74, 6) is -6.36. The van der Waals surface area contributed by atoms with Crippen molar-refractivity contribution in [3.05, 3.63) is 23.5 Å². The molecule has 1 heterocycles. The first-order valence-corrected chi connectivity index (χ1v) is 6.03. The molecule has 1 aliphatic rings. The summed E-state index contributed by atoms with van der Waals surface area (Å²) in [6, 6.07) is 0. The molecule has 1 fully saturated rings. The number of rotatable bonds is 2. The molecule has 1 atom stereocenters. The van der Waals surface area contributed by atoms with Gasteiger partial charge in [-0.1, -0.05) is 13.3 Å². The molecule has 0 radical (unpaired) electrons. The van der Waals surface area contributed by atoms with Gasteiger partial charge in [0.05, 0.1) is 0 Å². The Bertz CT molecular complexity index is 490. The first-order chi connectivity index (χ1) is 9.00. The number of halogens is 4. The molecule has 1 N–H and O–H groups in total. The molecule has 3 nitrogen and oxygen atoms in total. The number of aromatic nitrogens is 1. The van der Waals surface area contributed by atoms with E-state index in [4.69, 9.17) is 0 Å². The Balaban J connectivity index is 2.26. The maximum atomic E-state index is 13.3. The molecular weight excluding hydrogens is 262 g/mol. The molecular formula is C12H13F4N3. The van der Waals surface area contributed by atoms with Crippen LogP contribution in [0.2, 0.25) is 0 Å². The second-order valence-electron chi connectivity index (χ2n) is 4.56. The van der Waals surface area contributed by atoms with E-state index >= 15 is 0 Å². The zero-order valence-electron chi connectivity index (χ0n) is 10.3. The number of hydrogen-bond acceptors (Lipinski definition) is 3. The van der Waals surface area contributed by atoms with Crippen LogP contribution in [0.25, 0.3) is 0 Å². The highest BCUT2D eigenvalue weighted by Gasteiger charge is 2.21. The predicted molar refractivity (Wildman–Crippen MR) is 62.8 cm³/mol. The molecule has 19 heavy (non-hydrogen) atoms. The highest BCUT2D eigenvalue weighted by atomic mass is 19.2. The van der Waals surface area contributed by atoms with Gasteiger partial charge in [0, 0.05) is 5.71 Å². The lowest BCUT2D eigenvalue weighted by Crippen LogP contribution is -2.18. The van der Waals surface area contributed by atoms with E-state index in [9.17, 15) is 17.6 Å². The average molecular weight is 275 g/mol. The van der Waals surface area contributed by atoms with Crippen molar-refractivity contribution in [2.24, 2.45) is 11.0 Å². The monoisotopic (exact) mass is 275 g/mol. The number of pyridine rings is 1. The fourth-order valence-electron chi connectivity index (χ4n) is 2.05. The molecule has 7 heteroatoms. The van der Waals surface area contributed by atoms with E-state index in [0.29, 0.717) is 6.42 Å². The minimum Gasteiger partial charge on any atom is -0.272 e. The highest BCUT2D eigenvalue weighted by molar-refractivity contribution is 5.87. The van der Waals surface area contributed by atoms with Crippen molar-refractivity contribution in [1.29, 1.82) is 0 Å². The smallest absolute Gasteiger partial charge is 0.254 e. The van der Waals surface area contributed by atoms with Crippen molar-refractivity contribution in [2.45, 2.75) is 32.6 Å². The maximum absolute atomic E-state index is 13.3. The predicted octanol–water partition coefficient (Wildman–Crippen LogP) is 3.62. The molecule has 0 amide bonds. The van der Waals surface area contributed by atoms with Crippen molar-refractivity contribution in [1.82, 2.24) is 4.98 Å². The Morgan fingerprint density at radius 1 is 1.11 bits per heavy atom. The van der Waals surface area contributed by atoms with Gasteiger partial charge in [-0.15, -0.1) is 0 Å². The van der Waals surface area contributed by atoms with Gasteiger partial charge in [0.1, 0.15) is 5.69 Å². The summed E-state index contributed by atoms with van der Waals surface area (Å²) in [6.45, 7) is 1.94. The average Bonchev–Trinajstić information content (AvgIpc) is 2.38. The van der Waals surface area contributed by atoms with Crippen LogP contribution in [0.4, 0.5) is 23.2 Å². The molecule has 0 bridgehead atoms. The third-order valence-corrected chi connectivity index (χ3v) is 3.20. The fourth-order valence-corrected chi connectivity index (χ4v) is 2.05. The van der Waals surface area contributed by atoms with Gasteiger partial charge in [0.2, 0.25) is 11.6 Å². The first kappa shape index (κ1) is 13.8. The minimum absolute atomic E-state index is 0.184. The Kier molecular flexibility index (Phi) is 4.01. The van der Waals surface area contributed by atoms with Crippen LogP contribution in [0.1, 0.15) is 32.6 Å². The molecule has 1 aromatic rings. The van der Waals surface area contributed by atoms with Gasteiger partial charge in [0.25, 0.3) is 11.9 Å². The van der Waals surface area contributed by atoms with E-state index in [2.05, 4.69) is 15.5 Å². The van der Waals surface area contributed by atoms with E-state index in [1.165, 1.54) is 0 Å². The van der Waals surface area contributed by atoms with Crippen molar-refractivity contribution < 1.29 is 17.6 Å². The van der Waals surface area contributed by atoms with E-state index in [1.54, 1.807) is 0 Å². The standard InChI is InChI=1S/C12H13F4N3/c1-6-4-2-3-5-7(6)18-19-10-8(13)11(15)17-12(16)9(10)14/h6H,2-5H2,1H3,(H,17,19)/b18-7-/t6-/m0/s1. The van der Waals surface area contributed by atoms with Crippen molar-refractivity contribution >= 4 is 11.4 Å². The van der Waals surface area contributed by atoms with Crippen molar-refractivity contribution in [2.75, 3.05) is 5.43 Å². The Hall–Kier alpha value is -1.66. The summed E-state index contributed by atoms with van der Waals surface area (Å²) in [5, 5.41) is 3.86. The molecule has 0 aliphatic heterocycles. The fraction of sp³-hybridized carbons (Fsp3) is 0.500. The highest BCUT2D eigenvalue weighted by Crippen LogP contribution is 2.24. The number of hydrogen-bond donors (Lipinski definition) is 1. The lowest BCUT2D eigenvalue weighted by molar-refractivity contribution is 0.410. The molecule has 1 aromatic heterocycles. The molecule has 2 rings (SSSR count). The number of anilines is 1. The Labute approximate surface area is 107 Å². The van der Waals surface area contributed by atoms with Gasteiger partial charge in [-0.05, 0) is 25.2 Å². The van der Waals surface area contributed by atoms with Gasteiger partial charge in [-0.3, -0.25) is 5.43 Å². The summed E-state index contributed by atoms with van der Waals surface area (Å²) in [4.78, 5) is 2.47. The number of nitrogens with zero attached hydrogens (tertiary/aromatic N) is 2. The topological polar surface area (TPSA) is 37.3 Å². The zero-order valence-corrected chi connectivity index (χ0v) is 10.3. The molecule has 0 spiro atoms. The molecule has 1 saturated carbocycles. The molecule has 1 aliphatic carbocycles. The van der Waals surface area contributed by atoms with E-state index in [0.717, 1.165) is 25.0 Å². The minimum atomic E-state index is -1.70. The van der Waals surface area contributed by atoms with Gasteiger partial charge >= 0.3 is 0 Å². The van der Waals surface area contributed by atoms with E-state index in [-0.39, 0.29) is 5.92 Å². The van der Waals surface area contributed by atoms with Gasteiger partial charge < -0.3 is 0 Å². The lowest BCUT2D eigenvalue weighted by Gasteiger charge is -2.20. The summed E-state index contributed by atoms with van der Waals surface area (Å²) in [5.41, 5.74) is 1.87. The SMILES string of the molecule is C[C@H]1CCCC/C1=N/Nc1c(F)c(F)nc(F)c1F. The lowest BCUT2D eigenvalue weighted by atomic mass is 9.89. The summed E-state index contributed by atoms with van der Waals surface area (Å²) in [7, 11) is 0. The quantitative estimate of drug-likeness (QED) is 0.508. The van der Waals surface area contributed by atoms with Crippen LogP contribution < -0.4 is 5.43 Å². The Morgan fingerprint density at radius 2 is 1.74 bits per heavy atom. The van der Waals surface area contributed by atoms with Crippen LogP contribution in [0.3, 0.4) is 0 Å². The number of hydrazone groups is 1. The van der Waals surface area contributed by atoms with Crippen molar-refractivity contribution in [3.8, 4) is 0 Å². The van der Waals surface area contributed by atoms with Crippen LogP contribution in [-0.2, 0) is 0 Å². The molecule has 104 valence electrons. The second kappa shape index (κ2) is 5.54. The first-order valence-electron chi connectivity index (χ1n) is 6.03. The third kappa shape index (κ3) is 2.85. The van der Waals surface area contributed by atoms with E-state index in [1.807, 2.05) is 6.92 Å². The van der Waals surface area contributed by atoms with E-state index < -0.39 is 29.2 Å². The number of nitrogens with one attached hydrogen (secondary N) is 1. The van der Waals surface area contributed by atoms with Crippen molar-refractivity contribution in [3.63, 3.8) is 0 Å². The van der Waals surface area contributed by atoms with Gasteiger partial charge in [-0.2, -0.15) is 27.6 Å². The normalized spacial score (nSPS) is 21.7. The molecule has 0 aromatic carbocycles. The van der Waals surface area contributed by atoms with Crippen LogP contribution in [-0.4, -0.2) is 10.7 Å². The van der Waals surface area contributed by atoms with Crippen LogP contribution >= 0.6 is 0 Å². The van der Waals surface area contributed by atoms with Gasteiger partial charge in [-0.25, -0.2) is 0 Å². The summed E-state index contributed by atoms with van der Waals surface area (Å²) < 4.78 is 52.4. The largest absolute Gasteiger partial charge is 0.272 e. The summed E-state index contributed by atoms with van der Waals surface area (Å²) in [6.07, 6.45) is 3.65.